The Bertz CT molecular complexity index is 2110. The average Bonchev–Trinajstić information content (AvgIpc) is 3.62. The van der Waals surface area contributed by atoms with Crippen LogP contribution in [-0.2, 0) is 29.0 Å². The van der Waals surface area contributed by atoms with Gasteiger partial charge in [-0.2, -0.15) is 0 Å². The van der Waals surface area contributed by atoms with Crippen LogP contribution in [0, 0.1) is 0 Å². The van der Waals surface area contributed by atoms with Crippen molar-refractivity contribution in [3.05, 3.63) is 93.2 Å². The van der Waals surface area contributed by atoms with Crippen LogP contribution in [0.15, 0.2) is 60.9 Å². The number of amides is 1. The van der Waals surface area contributed by atoms with E-state index in [1.807, 2.05) is 67.4 Å². The number of benzene rings is 3. The van der Waals surface area contributed by atoms with Crippen molar-refractivity contribution in [3.63, 3.8) is 0 Å². The highest BCUT2D eigenvalue weighted by atomic mass is 35.5. The van der Waals surface area contributed by atoms with Crippen molar-refractivity contribution in [2.75, 3.05) is 57.9 Å². The van der Waals surface area contributed by atoms with Crippen LogP contribution in [-0.4, -0.2) is 81.1 Å². The van der Waals surface area contributed by atoms with Gasteiger partial charge >= 0.3 is 0 Å². The van der Waals surface area contributed by atoms with Crippen LogP contribution < -0.4 is 28.7 Å². The van der Waals surface area contributed by atoms with Crippen molar-refractivity contribution < 1.29 is 28.5 Å². The number of rotatable bonds is 11. The molecule has 284 valence electrons. The summed E-state index contributed by atoms with van der Waals surface area (Å²) in [5, 5.41) is 1.97. The maximum Gasteiger partial charge on any atom is 0.254 e. The SMILES string of the molecule is COc1ccc(CN(Cc2ccc(OC)cc2OC)c2nc3cncc(N4C[C@@H](C)O[C@@H](C(=O)N5CCc6cc(Cl)cc(Cl)c6[C@@H]5C)C4)c3s2)c(OC)c1. The molecule has 1 saturated heterocycles. The predicted octanol–water partition coefficient (Wildman–Crippen LogP) is 7.98. The number of methoxy groups -OCH3 is 4. The lowest BCUT2D eigenvalue weighted by molar-refractivity contribution is -0.151. The molecule has 1 amide bonds. The second kappa shape index (κ2) is 16.1. The van der Waals surface area contributed by atoms with Crippen molar-refractivity contribution in [2.45, 2.75) is 51.6 Å². The Kier molecular flexibility index (Phi) is 11.3. The van der Waals surface area contributed by atoms with E-state index >= 15 is 0 Å². The third kappa shape index (κ3) is 7.57. The van der Waals surface area contributed by atoms with Crippen LogP contribution in [0.4, 0.5) is 10.8 Å². The van der Waals surface area contributed by atoms with Gasteiger partial charge in [-0.3, -0.25) is 9.78 Å². The minimum atomic E-state index is -0.673. The molecule has 2 aliphatic heterocycles. The van der Waals surface area contributed by atoms with Crippen molar-refractivity contribution in [3.8, 4) is 23.0 Å². The number of hydrogen-bond acceptors (Lipinski definition) is 11. The topological polar surface area (TPSA) is 98.7 Å². The highest BCUT2D eigenvalue weighted by Crippen LogP contribution is 2.41. The van der Waals surface area contributed by atoms with Gasteiger partial charge in [0, 0.05) is 59.5 Å². The lowest BCUT2D eigenvalue weighted by atomic mass is 9.93. The molecular weight excluding hydrogens is 749 g/mol. The Labute approximate surface area is 329 Å². The van der Waals surface area contributed by atoms with E-state index in [1.165, 1.54) is 0 Å². The van der Waals surface area contributed by atoms with Crippen LogP contribution >= 0.6 is 34.5 Å². The van der Waals surface area contributed by atoms with Gasteiger partial charge in [-0.1, -0.05) is 34.5 Å². The first-order valence-electron chi connectivity index (χ1n) is 17.7. The lowest BCUT2D eigenvalue weighted by Crippen LogP contribution is -2.55. The third-order valence-electron chi connectivity index (χ3n) is 10.1. The average molecular weight is 793 g/mol. The molecule has 3 atom stereocenters. The van der Waals surface area contributed by atoms with E-state index in [0.717, 1.165) is 43.3 Å². The van der Waals surface area contributed by atoms with E-state index in [4.69, 9.17) is 51.9 Å². The zero-order chi connectivity index (χ0) is 38.1. The number of halogens is 2. The standard InChI is InChI=1S/C40H43Cl2N5O6S/c1-23-19-45(22-36(53-23)39(48)47-12-11-25-13-28(41)14-31(42)37(25)24(47)2)33-18-43-17-32-38(33)54-40(44-32)46(20-26-7-9-29(49-3)15-34(26)51-5)21-27-8-10-30(50-4)16-35(27)52-6/h7-10,13-18,23-24,36H,11-12,19-22H2,1-6H3/t23-,24+,36-/m1/s1. The number of ether oxygens (including phenoxy) is 5. The Balaban J connectivity index is 1.20. The van der Waals surface area contributed by atoms with Crippen molar-refractivity contribution in [1.82, 2.24) is 14.9 Å². The van der Waals surface area contributed by atoms with Crippen molar-refractivity contribution in [1.29, 1.82) is 0 Å². The summed E-state index contributed by atoms with van der Waals surface area (Å²) in [6.07, 6.45) is 3.44. The Morgan fingerprint density at radius 1 is 0.907 bits per heavy atom. The fourth-order valence-corrected chi connectivity index (χ4v) is 9.20. The number of pyridine rings is 1. The molecular formula is C40H43Cl2N5O6S. The molecule has 0 spiro atoms. The molecule has 0 aliphatic carbocycles. The molecule has 54 heavy (non-hydrogen) atoms. The highest BCUT2D eigenvalue weighted by Gasteiger charge is 2.38. The van der Waals surface area contributed by atoms with Gasteiger partial charge in [-0.15, -0.1) is 0 Å². The fourth-order valence-electron chi connectivity index (χ4n) is 7.43. The number of thiazole rings is 1. The van der Waals surface area contributed by atoms with E-state index in [0.29, 0.717) is 72.2 Å². The first kappa shape index (κ1) is 37.8. The van der Waals surface area contributed by atoms with Crippen LogP contribution in [0.5, 0.6) is 23.0 Å². The number of carbonyl (C=O) groups is 1. The number of fused-ring (bicyclic) bond motifs is 2. The third-order valence-corrected chi connectivity index (χ3v) is 11.8. The Morgan fingerprint density at radius 2 is 1.57 bits per heavy atom. The Hall–Kier alpha value is -4.49. The normalized spacial score (nSPS) is 18.3. The molecule has 2 aromatic heterocycles. The van der Waals surface area contributed by atoms with E-state index in [1.54, 1.807) is 52.0 Å². The number of nitrogens with zero attached hydrogens (tertiary/aromatic N) is 5. The van der Waals surface area contributed by atoms with Gasteiger partial charge in [0.25, 0.3) is 5.91 Å². The maximum atomic E-state index is 14.2. The molecule has 0 unspecified atom stereocenters. The van der Waals surface area contributed by atoms with Gasteiger partial charge in [0.1, 0.15) is 28.5 Å². The second-order valence-corrected chi connectivity index (χ2v) is 15.3. The largest absolute Gasteiger partial charge is 0.497 e. The van der Waals surface area contributed by atoms with Crippen LogP contribution in [0.2, 0.25) is 10.0 Å². The first-order chi connectivity index (χ1) is 26.1. The molecule has 5 aromatic rings. The molecule has 1 fully saturated rings. The summed E-state index contributed by atoms with van der Waals surface area (Å²) in [5.74, 6) is 2.77. The van der Waals surface area contributed by atoms with Gasteiger partial charge in [0.2, 0.25) is 0 Å². The minimum Gasteiger partial charge on any atom is -0.497 e. The number of hydrogen-bond donors (Lipinski definition) is 0. The smallest absolute Gasteiger partial charge is 0.254 e. The minimum absolute atomic E-state index is 0.0612. The van der Waals surface area contributed by atoms with Crippen molar-refractivity contribution >= 4 is 61.5 Å². The Morgan fingerprint density at radius 3 is 2.20 bits per heavy atom. The predicted molar refractivity (Wildman–Crippen MR) is 213 cm³/mol. The van der Waals surface area contributed by atoms with Gasteiger partial charge in [-0.25, -0.2) is 4.98 Å². The number of anilines is 2. The number of morpholine rings is 1. The summed E-state index contributed by atoms with van der Waals surface area (Å²) in [7, 11) is 6.58. The van der Waals surface area contributed by atoms with Crippen LogP contribution in [0.1, 0.15) is 42.1 Å². The number of carbonyl (C=O) groups excluding carboxylic acids is 1. The monoisotopic (exact) mass is 791 g/mol. The molecule has 14 heteroatoms. The fraction of sp³-hybridized carbons (Fsp3) is 0.375. The second-order valence-electron chi connectivity index (χ2n) is 13.5. The lowest BCUT2D eigenvalue weighted by Gasteiger charge is -2.42. The van der Waals surface area contributed by atoms with Gasteiger partial charge in [-0.05, 0) is 67.8 Å². The maximum absolute atomic E-state index is 14.2. The molecule has 11 nitrogen and oxygen atoms in total. The summed E-state index contributed by atoms with van der Waals surface area (Å²) in [4.78, 5) is 30.2. The van der Waals surface area contributed by atoms with E-state index in [2.05, 4.69) is 14.8 Å². The highest BCUT2D eigenvalue weighted by molar-refractivity contribution is 7.22. The van der Waals surface area contributed by atoms with E-state index in [9.17, 15) is 4.79 Å². The van der Waals surface area contributed by atoms with Gasteiger partial charge in [0.05, 0.1) is 69.9 Å². The zero-order valence-electron chi connectivity index (χ0n) is 31.1. The number of aromatic nitrogens is 2. The van der Waals surface area contributed by atoms with E-state index in [-0.39, 0.29) is 18.1 Å². The quantitative estimate of drug-likeness (QED) is 0.131. The molecule has 0 N–H and O–H groups in total. The summed E-state index contributed by atoms with van der Waals surface area (Å²) < 4.78 is 29.8. The van der Waals surface area contributed by atoms with E-state index < -0.39 is 6.10 Å². The molecule has 3 aromatic carbocycles. The first-order valence-corrected chi connectivity index (χ1v) is 19.3. The molecule has 0 radical (unpaired) electrons. The summed E-state index contributed by atoms with van der Waals surface area (Å²) >= 11 is 14.5. The summed E-state index contributed by atoms with van der Waals surface area (Å²) in [5.41, 5.74) is 5.61. The molecule has 0 saturated carbocycles. The summed E-state index contributed by atoms with van der Waals surface area (Å²) in [6.45, 7) is 6.51. The zero-order valence-corrected chi connectivity index (χ0v) is 33.4. The van der Waals surface area contributed by atoms with Crippen LogP contribution in [0.3, 0.4) is 0 Å². The van der Waals surface area contributed by atoms with Gasteiger partial charge < -0.3 is 38.4 Å². The molecule has 7 rings (SSSR count). The van der Waals surface area contributed by atoms with Gasteiger partial charge in [0.15, 0.2) is 11.2 Å². The summed E-state index contributed by atoms with van der Waals surface area (Å²) in [6, 6.07) is 15.1. The van der Waals surface area contributed by atoms with Crippen LogP contribution in [0.25, 0.3) is 10.2 Å². The van der Waals surface area contributed by atoms with Crippen molar-refractivity contribution in [2.24, 2.45) is 0 Å². The molecule has 2 aliphatic rings. The molecule has 0 bridgehead atoms. The molecule has 4 heterocycles.